The molecule has 0 aliphatic heterocycles. The Balaban J connectivity index is 2.32. The van der Waals surface area contributed by atoms with E-state index in [-0.39, 0.29) is 5.69 Å². The Morgan fingerprint density at radius 2 is 2.05 bits per heavy atom. The number of halogens is 1. The fraction of sp³-hybridized carbons (Fsp3) is 0.0714. The maximum atomic E-state index is 10.7. The molecule has 0 atom stereocenters. The molecule has 0 amide bonds. The average molecular weight is 275 g/mol. The second-order valence-corrected chi connectivity index (χ2v) is 4.48. The van der Waals surface area contributed by atoms with Crippen LogP contribution in [0.15, 0.2) is 47.5 Å². The molecular weight excluding hydrogens is 264 g/mol. The summed E-state index contributed by atoms with van der Waals surface area (Å²) in [5.74, 6) is 0. The van der Waals surface area contributed by atoms with Crippen LogP contribution in [0.1, 0.15) is 11.1 Å². The van der Waals surface area contributed by atoms with E-state index in [2.05, 4.69) is 4.99 Å². The van der Waals surface area contributed by atoms with Gasteiger partial charge in [-0.05, 0) is 30.2 Å². The first-order valence-electron chi connectivity index (χ1n) is 5.61. The SMILES string of the molecule is Cc1ccc([N+](=O)[O-])cc1N=Cc1cccc(Cl)c1. The van der Waals surface area contributed by atoms with E-state index in [0.29, 0.717) is 10.7 Å². The molecule has 2 aromatic carbocycles. The van der Waals surface area contributed by atoms with Crippen molar-refractivity contribution in [1.29, 1.82) is 0 Å². The van der Waals surface area contributed by atoms with E-state index < -0.39 is 4.92 Å². The largest absolute Gasteiger partial charge is 0.271 e. The first-order valence-corrected chi connectivity index (χ1v) is 5.99. The predicted octanol–water partition coefficient (Wildman–Crippen LogP) is 4.31. The van der Waals surface area contributed by atoms with Crippen LogP contribution in [0.3, 0.4) is 0 Å². The van der Waals surface area contributed by atoms with Gasteiger partial charge in [0.25, 0.3) is 5.69 Å². The number of nitro benzene ring substituents is 1. The maximum Gasteiger partial charge on any atom is 0.271 e. The normalized spacial score (nSPS) is 10.8. The summed E-state index contributed by atoms with van der Waals surface area (Å²) < 4.78 is 0. The van der Waals surface area contributed by atoms with E-state index in [1.54, 1.807) is 24.4 Å². The van der Waals surface area contributed by atoms with Crippen molar-refractivity contribution >= 4 is 29.2 Å². The first-order chi connectivity index (χ1) is 9.06. The minimum atomic E-state index is -0.433. The van der Waals surface area contributed by atoms with E-state index in [1.165, 1.54) is 12.1 Å². The van der Waals surface area contributed by atoms with Crippen molar-refractivity contribution in [2.75, 3.05) is 0 Å². The smallest absolute Gasteiger partial charge is 0.258 e. The Morgan fingerprint density at radius 1 is 1.26 bits per heavy atom. The van der Waals surface area contributed by atoms with Crippen LogP contribution < -0.4 is 0 Å². The van der Waals surface area contributed by atoms with Gasteiger partial charge in [0.05, 0.1) is 10.6 Å². The maximum absolute atomic E-state index is 10.7. The lowest BCUT2D eigenvalue weighted by atomic mass is 10.2. The van der Waals surface area contributed by atoms with Gasteiger partial charge in [-0.1, -0.05) is 29.8 Å². The quantitative estimate of drug-likeness (QED) is 0.476. The summed E-state index contributed by atoms with van der Waals surface area (Å²) in [4.78, 5) is 14.6. The fourth-order valence-electron chi connectivity index (χ4n) is 1.58. The van der Waals surface area contributed by atoms with E-state index in [0.717, 1.165) is 11.1 Å². The van der Waals surface area contributed by atoms with Gasteiger partial charge in [-0.3, -0.25) is 15.1 Å². The molecule has 0 bridgehead atoms. The molecule has 0 spiro atoms. The van der Waals surface area contributed by atoms with Gasteiger partial charge in [-0.15, -0.1) is 0 Å². The molecule has 0 aliphatic rings. The Labute approximate surface area is 115 Å². The number of nitro groups is 1. The Morgan fingerprint density at radius 3 is 2.74 bits per heavy atom. The molecule has 0 radical (unpaired) electrons. The third-order valence-electron chi connectivity index (χ3n) is 2.60. The van der Waals surface area contributed by atoms with Gasteiger partial charge >= 0.3 is 0 Å². The number of benzene rings is 2. The van der Waals surface area contributed by atoms with E-state index in [9.17, 15) is 10.1 Å². The van der Waals surface area contributed by atoms with Crippen molar-refractivity contribution in [1.82, 2.24) is 0 Å². The van der Waals surface area contributed by atoms with Gasteiger partial charge in [0, 0.05) is 23.4 Å². The number of hydrogen-bond donors (Lipinski definition) is 0. The number of aryl methyl sites for hydroxylation is 1. The molecule has 0 fully saturated rings. The number of aliphatic imine (C=N–C) groups is 1. The van der Waals surface area contributed by atoms with Gasteiger partial charge in [0.2, 0.25) is 0 Å². The lowest BCUT2D eigenvalue weighted by molar-refractivity contribution is -0.384. The van der Waals surface area contributed by atoms with Crippen LogP contribution in [0.4, 0.5) is 11.4 Å². The van der Waals surface area contributed by atoms with Gasteiger partial charge in [-0.2, -0.15) is 0 Å². The van der Waals surface area contributed by atoms with Crippen molar-refractivity contribution in [3.05, 3.63) is 68.7 Å². The van der Waals surface area contributed by atoms with Crippen LogP contribution in [0.5, 0.6) is 0 Å². The minimum Gasteiger partial charge on any atom is -0.258 e. The summed E-state index contributed by atoms with van der Waals surface area (Å²) in [6.07, 6.45) is 1.64. The van der Waals surface area contributed by atoms with E-state index in [1.807, 2.05) is 19.1 Å². The van der Waals surface area contributed by atoms with Crippen LogP contribution in [0.25, 0.3) is 0 Å². The highest BCUT2D eigenvalue weighted by molar-refractivity contribution is 6.30. The standard InChI is InChI=1S/C14H11ClN2O2/c1-10-5-6-13(17(18)19)8-14(10)16-9-11-3-2-4-12(15)7-11/h2-9H,1H3. The highest BCUT2D eigenvalue weighted by atomic mass is 35.5. The molecular formula is C14H11ClN2O2. The summed E-state index contributed by atoms with van der Waals surface area (Å²) in [5, 5.41) is 11.3. The summed E-state index contributed by atoms with van der Waals surface area (Å²) in [5.41, 5.74) is 2.33. The van der Waals surface area contributed by atoms with Crippen LogP contribution in [0, 0.1) is 17.0 Å². The van der Waals surface area contributed by atoms with Crippen molar-refractivity contribution in [2.45, 2.75) is 6.92 Å². The van der Waals surface area contributed by atoms with Crippen molar-refractivity contribution < 1.29 is 4.92 Å². The topological polar surface area (TPSA) is 55.5 Å². The summed E-state index contributed by atoms with van der Waals surface area (Å²) in [6, 6.07) is 11.8. The molecule has 96 valence electrons. The van der Waals surface area contributed by atoms with Gasteiger partial charge in [-0.25, -0.2) is 0 Å². The number of non-ortho nitro benzene ring substituents is 1. The van der Waals surface area contributed by atoms with Crippen LogP contribution in [-0.4, -0.2) is 11.1 Å². The van der Waals surface area contributed by atoms with Crippen LogP contribution >= 0.6 is 11.6 Å². The molecule has 19 heavy (non-hydrogen) atoms. The second-order valence-electron chi connectivity index (χ2n) is 4.04. The third-order valence-corrected chi connectivity index (χ3v) is 2.84. The Kier molecular flexibility index (Phi) is 3.92. The molecule has 0 unspecified atom stereocenters. The van der Waals surface area contributed by atoms with Crippen molar-refractivity contribution in [3.63, 3.8) is 0 Å². The van der Waals surface area contributed by atoms with Gasteiger partial charge in [0.15, 0.2) is 0 Å². The van der Waals surface area contributed by atoms with Crippen molar-refractivity contribution in [2.24, 2.45) is 4.99 Å². The fourth-order valence-corrected chi connectivity index (χ4v) is 1.78. The zero-order valence-corrected chi connectivity index (χ0v) is 11.0. The summed E-state index contributed by atoms with van der Waals surface area (Å²) in [6.45, 7) is 1.86. The molecule has 2 rings (SSSR count). The Bertz CT molecular complexity index is 654. The first kappa shape index (κ1) is 13.2. The molecule has 2 aromatic rings. The highest BCUT2D eigenvalue weighted by Gasteiger charge is 2.07. The number of rotatable bonds is 3. The van der Waals surface area contributed by atoms with Gasteiger partial charge < -0.3 is 0 Å². The average Bonchev–Trinajstić information content (AvgIpc) is 2.37. The molecule has 0 N–H and O–H groups in total. The summed E-state index contributed by atoms with van der Waals surface area (Å²) >= 11 is 5.87. The monoisotopic (exact) mass is 274 g/mol. The third kappa shape index (κ3) is 3.39. The molecule has 4 nitrogen and oxygen atoms in total. The lowest BCUT2D eigenvalue weighted by Gasteiger charge is -2.00. The molecule has 0 aliphatic carbocycles. The molecule has 5 heteroatoms. The molecule has 0 heterocycles. The molecule has 0 saturated heterocycles. The number of hydrogen-bond acceptors (Lipinski definition) is 3. The molecule has 0 aromatic heterocycles. The van der Waals surface area contributed by atoms with E-state index >= 15 is 0 Å². The lowest BCUT2D eigenvalue weighted by Crippen LogP contribution is -1.88. The zero-order chi connectivity index (χ0) is 13.8. The summed E-state index contributed by atoms with van der Waals surface area (Å²) in [7, 11) is 0. The second kappa shape index (κ2) is 5.63. The van der Waals surface area contributed by atoms with Crippen LogP contribution in [0.2, 0.25) is 5.02 Å². The van der Waals surface area contributed by atoms with Crippen LogP contribution in [-0.2, 0) is 0 Å². The minimum absolute atomic E-state index is 0.0313. The zero-order valence-electron chi connectivity index (χ0n) is 10.2. The number of nitrogens with zero attached hydrogens (tertiary/aromatic N) is 2. The predicted molar refractivity (Wildman–Crippen MR) is 76.5 cm³/mol. The van der Waals surface area contributed by atoms with Crippen molar-refractivity contribution in [3.8, 4) is 0 Å². The Hall–Kier alpha value is -2.20. The van der Waals surface area contributed by atoms with E-state index in [4.69, 9.17) is 11.6 Å². The highest BCUT2D eigenvalue weighted by Crippen LogP contribution is 2.24. The molecule has 0 saturated carbocycles. The van der Waals surface area contributed by atoms with Gasteiger partial charge in [0.1, 0.15) is 0 Å².